The van der Waals surface area contributed by atoms with Gasteiger partial charge >= 0.3 is 0 Å². The van der Waals surface area contributed by atoms with E-state index in [0.717, 1.165) is 12.0 Å². The number of nitrogens with two attached hydrogens (primary N) is 1. The van der Waals surface area contributed by atoms with Crippen LogP contribution in [0.25, 0.3) is 0 Å². The largest absolute Gasteiger partial charge is 0.360 e. The van der Waals surface area contributed by atoms with Gasteiger partial charge in [-0.25, -0.2) is 15.0 Å². The number of imidazole rings is 1. The molecule has 18 heavy (non-hydrogen) atoms. The van der Waals surface area contributed by atoms with Crippen LogP contribution in [0, 0.1) is 0 Å². The van der Waals surface area contributed by atoms with Crippen LogP contribution in [0.4, 0.5) is 0 Å². The molecule has 0 aliphatic rings. The van der Waals surface area contributed by atoms with Crippen LogP contribution < -0.4 is 5.73 Å². The number of nitrogens with zero attached hydrogens (tertiary/aromatic N) is 2. The fourth-order valence-corrected chi connectivity index (χ4v) is 2.11. The first kappa shape index (κ1) is 17.6. The molecule has 0 spiro atoms. The van der Waals surface area contributed by atoms with Crippen molar-refractivity contribution in [3.63, 3.8) is 0 Å². The van der Waals surface area contributed by atoms with Crippen molar-refractivity contribution in [2.24, 2.45) is 5.73 Å². The van der Waals surface area contributed by atoms with Gasteiger partial charge in [-0.1, -0.05) is 0 Å². The minimum Gasteiger partial charge on any atom is -0.360 e. The highest BCUT2D eigenvalue weighted by Gasteiger charge is 2.06. The fraction of sp³-hybridized carbons (Fsp3) is 0.636. The minimum absolute atomic E-state index is 0.377. The predicted octanol–water partition coefficient (Wildman–Crippen LogP) is 1.70. The Kier molecular flexibility index (Phi) is 8.51. The van der Waals surface area contributed by atoms with Crippen molar-refractivity contribution < 1.29 is 9.53 Å². The average molecular weight is 340 g/mol. The van der Waals surface area contributed by atoms with Crippen LogP contribution in [0.1, 0.15) is 10.6 Å². The zero-order valence-corrected chi connectivity index (χ0v) is 13.8. The Hall–Kier alpha value is -0.370. The number of carbonyl (C=O) groups is 1. The Morgan fingerprint density at radius 3 is 2.61 bits per heavy atom. The third kappa shape index (κ3) is 7.15. The molecule has 1 heterocycles. The van der Waals surface area contributed by atoms with E-state index in [1.54, 1.807) is 10.8 Å². The van der Waals surface area contributed by atoms with Gasteiger partial charge in [-0.2, -0.15) is 0 Å². The summed E-state index contributed by atoms with van der Waals surface area (Å²) in [5.74, 6) is 1.45. The summed E-state index contributed by atoms with van der Waals surface area (Å²) in [5, 5.41) is 0. The maximum atomic E-state index is 10.7. The smallest absolute Gasteiger partial charge is 0.185 e. The van der Waals surface area contributed by atoms with Crippen molar-refractivity contribution in [3.05, 3.63) is 16.6 Å². The number of aldehydes is 1. The highest BCUT2D eigenvalue weighted by Crippen LogP contribution is 2.33. The Morgan fingerprint density at radius 2 is 2.11 bits per heavy atom. The predicted molar refractivity (Wildman–Crippen MR) is 81.6 cm³/mol. The third-order valence-corrected chi connectivity index (χ3v) is 3.73. The maximum Gasteiger partial charge on any atom is 0.185 e. The SMILES string of the molecule is CN.CS(C)(C)CCOCn1cc(Br)nc1C=O. The third-order valence-electron chi connectivity index (χ3n) is 1.95. The monoisotopic (exact) mass is 339 g/mol. The van der Waals surface area contributed by atoms with Crippen LogP contribution in [0.2, 0.25) is 0 Å². The minimum atomic E-state index is -0.518. The molecule has 2 N–H and O–H groups in total. The maximum absolute atomic E-state index is 10.7. The quantitative estimate of drug-likeness (QED) is 0.632. The van der Waals surface area contributed by atoms with E-state index in [0.29, 0.717) is 23.8 Å². The Bertz CT molecular complexity index is 364. The fourth-order valence-electron chi connectivity index (χ4n) is 1.07. The molecule has 0 aromatic carbocycles. The van der Waals surface area contributed by atoms with Crippen LogP contribution in [0.15, 0.2) is 10.8 Å². The molecular formula is C11H22BrN3O2S. The molecule has 0 atom stereocenters. The number of ether oxygens (including phenoxy) is 1. The molecule has 0 radical (unpaired) electrons. The molecule has 0 amide bonds. The second kappa shape index (κ2) is 8.68. The van der Waals surface area contributed by atoms with E-state index in [1.165, 1.54) is 7.05 Å². The lowest BCUT2D eigenvalue weighted by Gasteiger charge is -2.24. The van der Waals surface area contributed by atoms with Crippen LogP contribution in [-0.2, 0) is 11.5 Å². The van der Waals surface area contributed by atoms with Crippen LogP contribution in [0.5, 0.6) is 0 Å². The Balaban J connectivity index is 0.00000137. The number of halogens is 1. The second-order valence-electron chi connectivity index (χ2n) is 4.34. The Morgan fingerprint density at radius 1 is 1.50 bits per heavy atom. The molecule has 0 unspecified atom stereocenters. The van der Waals surface area contributed by atoms with Gasteiger partial charge in [0.15, 0.2) is 12.1 Å². The van der Waals surface area contributed by atoms with Gasteiger partial charge < -0.3 is 15.0 Å². The second-order valence-corrected chi connectivity index (χ2v) is 9.74. The highest BCUT2D eigenvalue weighted by atomic mass is 79.9. The van der Waals surface area contributed by atoms with Crippen LogP contribution >= 0.6 is 26.0 Å². The van der Waals surface area contributed by atoms with Gasteiger partial charge in [0.25, 0.3) is 0 Å². The number of rotatable bonds is 6. The first-order chi connectivity index (χ1) is 8.42. The summed E-state index contributed by atoms with van der Waals surface area (Å²) in [7, 11) is 0.982. The summed E-state index contributed by atoms with van der Waals surface area (Å²) in [6, 6.07) is 0. The molecule has 1 rings (SSSR count). The molecule has 7 heteroatoms. The van der Waals surface area contributed by atoms with Gasteiger partial charge in [-0.15, -0.1) is 0 Å². The molecule has 0 fully saturated rings. The summed E-state index contributed by atoms with van der Waals surface area (Å²) in [6.45, 7) is 1.09. The number of hydrogen-bond donors (Lipinski definition) is 1. The molecule has 0 saturated carbocycles. The number of carbonyl (C=O) groups excluding carboxylic acids is 1. The molecule has 5 nitrogen and oxygen atoms in total. The molecular weight excluding hydrogens is 318 g/mol. The van der Waals surface area contributed by atoms with Crippen molar-refractivity contribution in [2.45, 2.75) is 6.73 Å². The summed E-state index contributed by atoms with van der Waals surface area (Å²) >= 11 is 3.22. The zero-order chi connectivity index (χ0) is 14.2. The van der Waals surface area contributed by atoms with Crippen molar-refractivity contribution in [3.8, 4) is 0 Å². The number of hydrogen-bond acceptors (Lipinski definition) is 4. The van der Waals surface area contributed by atoms with Gasteiger partial charge in [0.2, 0.25) is 0 Å². The van der Waals surface area contributed by atoms with E-state index in [4.69, 9.17) is 4.74 Å². The lowest BCUT2D eigenvalue weighted by Crippen LogP contribution is -2.11. The first-order valence-electron chi connectivity index (χ1n) is 5.42. The van der Waals surface area contributed by atoms with Crippen molar-refractivity contribution in [1.82, 2.24) is 9.55 Å². The van der Waals surface area contributed by atoms with E-state index >= 15 is 0 Å². The molecule has 1 aromatic heterocycles. The first-order valence-corrected chi connectivity index (χ1v) is 9.24. The standard InChI is InChI=1S/C10H17BrN2O2S.CH5N/c1-16(2,3)5-4-15-8-13-6-9(11)12-10(13)7-14;1-2/h6-7H,4-5,8H2,1-3H3;2H2,1H3. The van der Waals surface area contributed by atoms with Crippen molar-refractivity contribution in [1.29, 1.82) is 0 Å². The highest BCUT2D eigenvalue weighted by molar-refractivity contribution is 9.10. The average Bonchev–Trinajstić information content (AvgIpc) is 2.67. The van der Waals surface area contributed by atoms with Gasteiger partial charge in [-0.05, 0) is 41.7 Å². The molecule has 0 bridgehead atoms. The van der Waals surface area contributed by atoms with E-state index in [9.17, 15) is 4.79 Å². The summed E-state index contributed by atoms with van der Waals surface area (Å²) < 4.78 is 7.86. The topological polar surface area (TPSA) is 70.1 Å². The van der Waals surface area contributed by atoms with Gasteiger partial charge in [0.05, 0.1) is 6.61 Å². The van der Waals surface area contributed by atoms with Crippen molar-refractivity contribution >= 4 is 32.2 Å². The normalized spacial score (nSPS) is 11.7. The summed E-state index contributed by atoms with van der Waals surface area (Å²) in [4.78, 5) is 14.7. The van der Waals surface area contributed by atoms with Gasteiger partial charge in [0.1, 0.15) is 11.3 Å². The van der Waals surface area contributed by atoms with Gasteiger partial charge in [0, 0.05) is 11.9 Å². The summed E-state index contributed by atoms with van der Waals surface area (Å²) in [5.41, 5.74) is 4.50. The Labute approximate surface area is 119 Å². The molecule has 106 valence electrons. The van der Waals surface area contributed by atoms with E-state index < -0.39 is 10.0 Å². The van der Waals surface area contributed by atoms with Crippen LogP contribution in [0.3, 0.4) is 0 Å². The van der Waals surface area contributed by atoms with Gasteiger partial charge in [-0.3, -0.25) is 4.79 Å². The molecule has 0 saturated heterocycles. The molecule has 0 aliphatic heterocycles. The van der Waals surface area contributed by atoms with E-state index in [2.05, 4.69) is 45.4 Å². The van der Waals surface area contributed by atoms with E-state index in [1.807, 2.05) is 0 Å². The summed E-state index contributed by atoms with van der Waals surface area (Å²) in [6.07, 6.45) is 9.22. The van der Waals surface area contributed by atoms with E-state index in [-0.39, 0.29) is 0 Å². The molecule has 0 aliphatic carbocycles. The number of aromatic nitrogens is 2. The van der Waals surface area contributed by atoms with Crippen LogP contribution in [-0.4, -0.2) is 54.0 Å². The molecule has 1 aromatic rings. The zero-order valence-electron chi connectivity index (χ0n) is 11.4. The lowest BCUT2D eigenvalue weighted by molar-refractivity contribution is 0.0852. The van der Waals surface area contributed by atoms with Crippen molar-refractivity contribution in [2.75, 3.05) is 38.2 Å². The lowest BCUT2D eigenvalue weighted by atomic mass is 10.7.